The molecule has 4 nitrogen and oxygen atoms in total. The topological polar surface area (TPSA) is 41.6 Å². The maximum absolute atomic E-state index is 12.3. The summed E-state index contributed by atoms with van der Waals surface area (Å²) >= 11 is 0. The fourth-order valence-electron chi connectivity index (χ4n) is 2.81. The van der Waals surface area contributed by atoms with Gasteiger partial charge in [-0.25, -0.2) is 0 Å². The molecule has 1 aromatic carbocycles. The molecular formula is C18H28N2O2. The molecule has 1 atom stereocenters. The number of para-hydroxylation sites is 1. The lowest BCUT2D eigenvalue weighted by atomic mass is 10.1. The van der Waals surface area contributed by atoms with Crippen molar-refractivity contribution in [1.82, 2.24) is 10.2 Å². The summed E-state index contributed by atoms with van der Waals surface area (Å²) in [6.45, 7) is 6.71. The first-order valence-electron chi connectivity index (χ1n) is 8.28. The van der Waals surface area contributed by atoms with Crippen molar-refractivity contribution in [2.75, 3.05) is 26.7 Å². The van der Waals surface area contributed by atoms with E-state index in [0.717, 1.165) is 36.7 Å². The highest BCUT2D eigenvalue weighted by molar-refractivity contribution is 5.78. The second kappa shape index (κ2) is 8.18. The van der Waals surface area contributed by atoms with Gasteiger partial charge in [-0.1, -0.05) is 25.1 Å². The van der Waals surface area contributed by atoms with E-state index in [-0.39, 0.29) is 11.9 Å². The van der Waals surface area contributed by atoms with Crippen molar-refractivity contribution in [3.8, 4) is 5.75 Å². The minimum Gasteiger partial charge on any atom is -0.496 e. The third-order valence-corrected chi connectivity index (χ3v) is 4.10. The second-order valence-corrected chi connectivity index (χ2v) is 6.21. The third-order valence-electron chi connectivity index (χ3n) is 4.10. The van der Waals surface area contributed by atoms with Crippen LogP contribution in [0.5, 0.6) is 5.75 Å². The van der Waals surface area contributed by atoms with E-state index in [1.165, 1.54) is 12.8 Å². The predicted molar refractivity (Wildman–Crippen MR) is 89.0 cm³/mol. The highest BCUT2D eigenvalue weighted by Crippen LogP contribution is 2.29. The van der Waals surface area contributed by atoms with Crippen molar-refractivity contribution < 1.29 is 9.53 Å². The zero-order valence-corrected chi connectivity index (χ0v) is 14.0. The molecule has 0 aliphatic heterocycles. The molecule has 0 heterocycles. The minimum atomic E-state index is -0.0481. The number of benzene rings is 1. The molecule has 1 aliphatic carbocycles. The maximum Gasteiger partial charge on any atom is 0.234 e. The van der Waals surface area contributed by atoms with Crippen LogP contribution in [-0.4, -0.2) is 37.6 Å². The fraction of sp³-hybridized carbons (Fsp3) is 0.611. The van der Waals surface area contributed by atoms with E-state index in [9.17, 15) is 4.79 Å². The Labute approximate surface area is 133 Å². The average Bonchev–Trinajstić information content (AvgIpc) is 3.31. The Balaban J connectivity index is 1.89. The van der Waals surface area contributed by atoms with Crippen LogP contribution >= 0.6 is 0 Å². The zero-order valence-electron chi connectivity index (χ0n) is 14.0. The van der Waals surface area contributed by atoms with Crippen molar-refractivity contribution in [2.45, 2.75) is 39.2 Å². The normalized spacial score (nSPS) is 15.6. The number of hydrogen-bond acceptors (Lipinski definition) is 3. The lowest BCUT2D eigenvalue weighted by molar-refractivity contribution is -0.123. The Morgan fingerprint density at radius 3 is 2.77 bits per heavy atom. The lowest BCUT2D eigenvalue weighted by Crippen LogP contribution is -2.39. The van der Waals surface area contributed by atoms with Crippen LogP contribution in [-0.2, 0) is 4.79 Å². The predicted octanol–water partition coefficient (Wildman–Crippen LogP) is 2.99. The minimum absolute atomic E-state index is 0.0481. The Morgan fingerprint density at radius 2 is 2.14 bits per heavy atom. The molecular weight excluding hydrogens is 276 g/mol. The average molecular weight is 304 g/mol. The van der Waals surface area contributed by atoms with E-state index in [1.807, 2.05) is 31.2 Å². The molecule has 1 N–H and O–H groups in total. The van der Waals surface area contributed by atoms with Gasteiger partial charge in [-0.3, -0.25) is 9.69 Å². The molecule has 1 fully saturated rings. The first-order valence-corrected chi connectivity index (χ1v) is 8.28. The van der Waals surface area contributed by atoms with Crippen LogP contribution in [0, 0.1) is 5.92 Å². The van der Waals surface area contributed by atoms with Crippen LogP contribution in [0.3, 0.4) is 0 Å². The number of methoxy groups -OCH3 is 1. The standard InChI is InChI=1S/C18H28N2O2/c1-4-11-20(12-15-9-10-15)13-18(21)19-14(2)16-7-5-6-8-17(16)22-3/h5-8,14-15H,4,9-13H2,1-3H3,(H,19,21). The lowest BCUT2D eigenvalue weighted by Gasteiger charge is -2.23. The second-order valence-electron chi connectivity index (χ2n) is 6.21. The Bertz CT molecular complexity index is 486. The number of carbonyl (C=O) groups is 1. The van der Waals surface area contributed by atoms with E-state index in [0.29, 0.717) is 6.54 Å². The van der Waals surface area contributed by atoms with Gasteiger partial charge < -0.3 is 10.1 Å². The summed E-state index contributed by atoms with van der Waals surface area (Å²) < 4.78 is 5.37. The number of nitrogens with one attached hydrogen (secondary N) is 1. The van der Waals surface area contributed by atoms with Gasteiger partial charge in [0.05, 0.1) is 19.7 Å². The summed E-state index contributed by atoms with van der Waals surface area (Å²) in [6.07, 6.45) is 3.72. The molecule has 1 aromatic rings. The largest absolute Gasteiger partial charge is 0.496 e. The molecule has 122 valence electrons. The summed E-state index contributed by atoms with van der Waals surface area (Å²) in [6, 6.07) is 7.78. The third kappa shape index (κ3) is 5.02. The molecule has 0 spiro atoms. The molecule has 0 bridgehead atoms. The van der Waals surface area contributed by atoms with E-state index in [1.54, 1.807) is 7.11 Å². The van der Waals surface area contributed by atoms with Crippen molar-refractivity contribution in [3.63, 3.8) is 0 Å². The first-order chi connectivity index (χ1) is 10.6. The number of carbonyl (C=O) groups excluding carboxylic acids is 1. The number of rotatable bonds is 9. The Kier molecular flexibility index (Phi) is 6.25. The smallest absolute Gasteiger partial charge is 0.234 e. The van der Waals surface area contributed by atoms with Crippen molar-refractivity contribution in [2.24, 2.45) is 5.92 Å². The van der Waals surface area contributed by atoms with Gasteiger partial charge in [-0.05, 0) is 44.7 Å². The van der Waals surface area contributed by atoms with Gasteiger partial charge in [0, 0.05) is 12.1 Å². The van der Waals surface area contributed by atoms with Crippen LogP contribution in [0.1, 0.15) is 44.7 Å². The van der Waals surface area contributed by atoms with Crippen molar-refractivity contribution in [3.05, 3.63) is 29.8 Å². The summed E-state index contributed by atoms with van der Waals surface area (Å²) in [5.41, 5.74) is 1.02. The Morgan fingerprint density at radius 1 is 1.41 bits per heavy atom. The van der Waals surface area contributed by atoms with Gasteiger partial charge in [0.1, 0.15) is 5.75 Å². The Hall–Kier alpha value is -1.55. The van der Waals surface area contributed by atoms with Crippen LogP contribution in [0.2, 0.25) is 0 Å². The van der Waals surface area contributed by atoms with Gasteiger partial charge >= 0.3 is 0 Å². The molecule has 2 rings (SSSR count). The maximum atomic E-state index is 12.3. The number of nitrogens with zero attached hydrogens (tertiary/aromatic N) is 1. The van der Waals surface area contributed by atoms with Crippen LogP contribution in [0.4, 0.5) is 0 Å². The van der Waals surface area contributed by atoms with Crippen LogP contribution < -0.4 is 10.1 Å². The first kappa shape index (κ1) is 16.8. The zero-order chi connectivity index (χ0) is 15.9. The number of hydrogen-bond donors (Lipinski definition) is 1. The summed E-state index contributed by atoms with van der Waals surface area (Å²) in [5, 5.41) is 3.09. The molecule has 22 heavy (non-hydrogen) atoms. The van der Waals surface area contributed by atoms with E-state index in [2.05, 4.69) is 17.1 Å². The number of ether oxygens (including phenoxy) is 1. The van der Waals surface area contributed by atoms with Crippen molar-refractivity contribution >= 4 is 5.91 Å². The summed E-state index contributed by atoms with van der Waals surface area (Å²) in [7, 11) is 1.66. The van der Waals surface area contributed by atoms with E-state index < -0.39 is 0 Å². The van der Waals surface area contributed by atoms with Gasteiger partial charge in [0.25, 0.3) is 0 Å². The number of amides is 1. The van der Waals surface area contributed by atoms with Gasteiger partial charge in [-0.2, -0.15) is 0 Å². The fourth-order valence-corrected chi connectivity index (χ4v) is 2.81. The summed E-state index contributed by atoms with van der Waals surface area (Å²) in [4.78, 5) is 14.6. The van der Waals surface area contributed by atoms with E-state index >= 15 is 0 Å². The van der Waals surface area contributed by atoms with Gasteiger partial charge in [0.15, 0.2) is 0 Å². The van der Waals surface area contributed by atoms with Crippen LogP contribution in [0.15, 0.2) is 24.3 Å². The molecule has 0 radical (unpaired) electrons. The van der Waals surface area contributed by atoms with Gasteiger partial charge in [-0.15, -0.1) is 0 Å². The van der Waals surface area contributed by atoms with Crippen LogP contribution in [0.25, 0.3) is 0 Å². The molecule has 0 saturated heterocycles. The quantitative estimate of drug-likeness (QED) is 0.762. The SMILES string of the molecule is CCCN(CC(=O)NC(C)c1ccccc1OC)CC1CC1. The molecule has 1 amide bonds. The van der Waals surface area contributed by atoms with Gasteiger partial charge in [0.2, 0.25) is 5.91 Å². The molecule has 1 saturated carbocycles. The van der Waals surface area contributed by atoms with Crippen molar-refractivity contribution in [1.29, 1.82) is 0 Å². The molecule has 1 aliphatic rings. The molecule has 1 unspecified atom stereocenters. The van der Waals surface area contributed by atoms with E-state index in [4.69, 9.17) is 4.74 Å². The highest BCUT2D eigenvalue weighted by atomic mass is 16.5. The molecule has 4 heteroatoms. The summed E-state index contributed by atoms with van der Waals surface area (Å²) in [5.74, 6) is 1.72. The monoisotopic (exact) mass is 304 g/mol. The highest BCUT2D eigenvalue weighted by Gasteiger charge is 2.25. The molecule has 0 aromatic heterocycles.